The molecule has 0 radical (unpaired) electrons. The number of benzene rings is 2. The number of aliphatic hydroxyl groups is 1. The quantitative estimate of drug-likeness (QED) is 0.776. The van der Waals surface area contributed by atoms with Crippen LogP contribution in [0, 0.1) is 0 Å². The number of hydrogen-bond acceptors (Lipinski definition) is 2. The van der Waals surface area contributed by atoms with Gasteiger partial charge in [-0.15, -0.1) is 0 Å². The fourth-order valence-corrected chi connectivity index (χ4v) is 2.82. The van der Waals surface area contributed by atoms with E-state index in [-0.39, 0.29) is 6.61 Å². The highest BCUT2D eigenvalue weighted by Crippen LogP contribution is 2.25. The largest absolute Gasteiger partial charge is 0.497 e. The van der Waals surface area contributed by atoms with Crippen LogP contribution in [0.1, 0.15) is 11.1 Å². The minimum atomic E-state index is 0.0595. The molecule has 0 amide bonds. The normalized spacial score (nSPS) is 11.0. The monoisotopic (exact) mass is 345 g/mol. The first-order chi connectivity index (χ1) is 10.2. The van der Waals surface area contributed by atoms with E-state index in [0.717, 1.165) is 33.4 Å². The second kappa shape index (κ2) is 5.92. The van der Waals surface area contributed by atoms with Gasteiger partial charge in [0.25, 0.3) is 0 Å². The van der Waals surface area contributed by atoms with Gasteiger partial charge in [-0.05, 0) is 46.8 Å². The summed E-state index contributed by atoms with van der Waals surface area (Å²) in [7, 11) is 1.67. The summed E-state index contributed by atoms with van der Waals surface area (Å²) in [6.45, 7) is 0.806. The lowest BCUT2D eigenvalue weighted by Gasteiger charge is -2.10. The fourth-order valence-electron chi connectivity index (χ4n) is 2.45. The summed E-state index contributed by atoms with van der Waals surface area (Å²) in [6, 6.07) is 14.1. The van der Waals surface area contributed by atoms with Crippen LogP contribution in [0.3, 0.4) is 0 Å². The first-order valence-electron chi connectivity index (χ1n) is 6.72. The maximum atomic E-state index is 9.29. The Morgan fingerprint density at radius 1 is 1.14 bits per heavy atom. The van der Waals surface area contributed by atoms with Gasteiger partial charge in [0.15, 0.2) is 0 Å². The molecule has 0 atom stereocenters. The number of methoxy groups -OCH3 is 1. The summed E-state index contributed by atoms with van der Waals surface area (Å²) >= 11 is 3.59. The average Bonchev–Trinajstić information content (AvgIpc) is 2.91. The van der Waals surface area contributed by atoms with Gasteiger partial charge >= 0.3 is 0 Å². The number of aromatic nitrogens is 1. The third-order valence-corrected chi connectivity index (χ3v) is 4.39. The van der Waals surface area contributed by atoms with Crippen LogP contribution >= 0.6 is 15.9 Å². The van der Waals surface area contributed by atoms with E-state index in [1.165, 1.54) is 5.39 Å². The molecule has 0 fully saturated rings. The van der Waals surface area contributed by atoms with Crippen molar-refractivity contribution in [3.63, 3.8) is 0 Å². The summed E-state index contributed by atoms with van der Waals surface area (Å²) in [6.07, 6.45) is 2.07. The van der Waals surface area contributed by atoms with Gasteiger partial charge in [0, 0.05) is 22.7 Å². The van der Waals surface area contributed by atoms with Crippen LogP contribution in [-0.2, 0) is 13.2 Å². The first kappa shape index (κ1) is 14.2. The molecule has 21 heavy (non-hydrogen) atoms. The summed E-state index contributed by atoms with van der Waals surface area (Å²) in [4.78, 5) is 0. The number of ether oxygens (including phenoxy) is 1. The summed E-state index contributed by atoms with van der Waals surface area (Å²) in [5, 5.41) is 10.5. The fraction of sp³-hybridized carbons (Fsp3) is 0.176. The van der Waals surface area contributed by atoms with Crippen LogP contribution in [0.5, 0.6) is 5.75 Å². The molecule has 2 aromatic carbocycles. The molecule has 0 saturated carbocycles. The van der Waals surface area contributed by atoms with E-state index in [2.05, 4.69) is 32.8 Å². The minimum absolute atomic E-state index is 0.0595. The molecular formula is C17H16BrNO2. The number of hydrogen-bond donors (Lipinski definition) is 1. The van der Waals surface area contributed by atoms with Crippen molar-refractivity contribution < 1.29 is 9.84 Å². The summed E-state index contributed by atoms with van der Waals surface area (Å²) < 4.78 is 8.52. The van der Waals surface area contributed by atoms with Gasteiger partial charge in [0.2, 0.25) is 0 Å². The smallest absolute Gasteiger partial charge is 0.119 e. The Labute approximate surface area is 131 Å². The number of aliphatic hydroxyl groups excluding tert-OH is 1. The number of fused-ring (bicyclic) bond motifs is 1. The van der Waals surface area contributed by atoms with Crippen LogP contribution in [0.4, 0.5) is 0 Å². The Kier molecular flexibility index (Phi) is 3.99. The van der Waals surface area contributed by atoms with Crippen molar-refractivity contribution in [1.82, 2.24) is 4.57 Å². The summed E-state index contributed by atoms with van der Waals surface area (Å²) in [5.74, 6) is 0.848. The zero-order valence-electron chi connectivity index (χ0n) is 11.7. The SMILES string of the molecule is COc1ccc(Br)c(Cn2ccc3ccc(CO)cc32)c1. The molecule has 4 heteroatoms. The molecule has 0 unspecified atom stereocenters. The van der Waals surface area contributed by atoms with Crippen LogP contribution < -0.4 is 4.74 Å². The maximum absolute atomic E-state index is 9.29. The first-order valence-corrected chi connectivity index (χ1v) is 7.51. The molecule has 108 valence electrons. The lowest BCUT2D eigenvalue weighted by Crippen LogP contribution is -2.00. The van der Waals surface area contributed by atoms with Crippen LogP contribution in [0.25, 0.3) is 10.9 Å². The zero-order valence-corrected chi connectivity index (χ0v) is 13.3. The summed E-state index contributed by atoms with van der Waals surface area (Å²) in [5.41, 5.74) is 3.20. The standard InChI is InChI=1S/C17H16BrNO2/c1-21-15-4-5-16(18)14(9-15)10-19-7-6-13-3-2-12(11-20)8-17(13)19/h2-9,20H,10-11H2,1H3. The van der Waals surface area contributed by atoms with Crippen LogP contribution in [0.15, 0.2) is 53.1 Å². The van der Waals surface area contributed by atoms with Crippen molar-refractivity contribution >= 4 is 26.8 Å². The molecule has 0 aliphatic carbocycles. The van der Waals surface area contributed by atoms with Gasteiger partial charge in [-0.1, -0.05) is 28.1 Å². The minimum Gasteiger partial charge on any atom is -0.497 e. The molecule has 3 rings (SSSR count). The van der Waals surface area contributed by atoms with E-state index in [0.29, 0.717) is 0 Å². The highest BCUT2D eigenvalue weighted by molar-refractivity contribution is 9.10. The lowest BCUT2D eigenvalue weighted by molar-refractivity contribution is 0.282. The van der Waals surface area contributed by atoms with Gasteiger partial charge in [0.1, 0.15) is 5.75 Å². The number of halogens is 1. The lowest BCUT2D eigenvalue weighted by atomic mass is 10.1. The molecule has 0 aliphatic heterocycles. The van der Waals surface area contributed by atoms with Crippen molar-refractivity contribution in [2.75, 3.05) is 7.11 Å². The van der Waals surface area contributed by atoms with Crippen LogP contribution in [-0.4, -0.2) is 16.8 Å². The maximum Gasteiger partial charge on any atom is 0.119 e. The second-order valence-electron chi connectivity index (χ2n) is 4.95. The average molecular weight is 346 g/mol. The van der Waals surface area contributed by atoms with Crippen molar-refractivity contribution in [3.8, 4) is 5.75 Å². The van der Waals surface area contributed by atoms with Crippen molar-refractivity contribution in [1.29, 1.82) is 0 Å². The number of nitrogens with zero attached hydrogens (tertiary/aromatic N) is 1. The van der Waals surface area contributed by atoms with E-state index < -0.39 is 0 Å². The molecule has 1 heterocycles. The van der Waals surface area contributed by atoms with Gasteiger partial charge in [-0.2, -0.15) is 0 Å². The van der Waals surface area contributed by atoms with Gasteiger partial charge < -0.3 is 14.4 Å². The Balaban J connectivity index is 2.01. The Morgan fingerprint density at radius 2 is 2.00 bits per heavy atom. The second-order valence-corrected chi connectivity index (χ2v) is 5.81. The van der Waals surface area contributed by atoms with Crippen molar-refractivity contribution in [2.45, 2.75) is 13.2 Å². The predicted octanol–water partition coefficient (Wildman–Crippen LogP) is 3.95. The molecule has 3 nitrogen and oxygen atoms in total. The molecular weight excluding hydrogens is 330 g/mol. The van der Waals surface area contributed by atoms with Crippen molar-refractivity contribution in [3.05, 3.63) is 64.3 Å². The third-order valence-electron chi connectivity index (χ3n) is 3.61. The number of rotatable bonds is 4. The molecule has 0 aliphatic rings. The topological polar surface area (TPSA) is 34.4 Å². The van der Waals surface area contributed by atoms with Gasteiger partial charge in [-0.3, -0.25) is 0 Å². The Bertz CT molecular complexity index is 780. The van der Waals surface area contributed by atoms with Gasteiger partial charge in [0.05, 0.1) is 13.7 Å². The molecule has 1 N–H and O–H groups in total. The van der Waals surface area contributed by atoms with Gasteiger partial charge in [-0.25, -0.2) is 0 Å². The Morgan fingerprint density at radius 3 is 2.76 bits per heavy atom. The molecule has 0 saturated heterocycles. The molecule has 3 aromatic rings. The van der Waals surface area contributed by atoms with E-state index in [1.54, 1.807) is 7.11 Å². The third kappa shape index (κ3) is 2.82. The molecule has 0 spiro atoms. The molecule has 0 bridgehead atoms. The van der Waals surface area contributed by atoms with Crippen molar-refractivity contribution in [2.24, 2.45) is 0 Å². The Hall–Kier alpha value is -1.78. The van der Waals surface area contributed by atoms with Crippen LogP contribution in [0.2, 0.25) is 0 Å². The van der Waals surface area contributed by atoms with E-state index >= 15 is 0 Å². The predicted molar refractivity (Wildman–Crippen MR) is 87.7 cm³/mol. The highest BCUT2D eigenvalue weighted by Gasteiger charge is 2.07. The highest BCUT2D eigenvalue weighted by atomic mass is 79.9. The van der Waals surface area contributed by atoms with E-state index in [1.807, 2.05) is 36.4 Å². The van der Waals surface area contributed by atoms with E-state index in [4.69, 9.17) is 4.74 Å². The zero-order chi connectivity index (χ0) is 14.8. The molecule has 1 aromatic heterocycles. The van der Waals surface area contributed by atoms with E-state index in [9.17, 15) is 5.11 Å².